The fourth-order valence-electron chi connectivity index (χ4n) is 2.48. The number of nitrogens with zero attached hydrogens (tertiary/aromatic N) is 3. The Hall–Kier alpha value is -0.220. The number of anilines is 1. The molecule has 1 aromatic rings. The number of phosphoric ester groups is 2. The van der Waals surface area contributed by atoms with Crippen LogP contribution in [0, 0.1) is 0 Å². The Bertz CT molecular complexity index is 927. The number of nitrogens with two attached hydrogens (primary N) is 1. The van der Waals surface area contributed by atoms with Crippen LogP contribution in [-0.4, -0.2) is 83.5 Å². The predicted molar refractivity (Wildman–Crippen MR) is 99.9 cm³/mol. The zero-order valence-corrected chi connectivity index (χ0v) is 21.8. The molecule has 0 saturated carbocycles. The molecule has 32 heavy (non-hydrogen) atoms. The van der Waals surface area contributed by atoms with E-state index in [1.54, 1.807) is 21.1 Å². The molecule has 1 aliphatic rings. The summed E-state index contributed by atoms with van der Waals surface area (Å²) in [5.74, 6) is -0.0793. The summed E-state index contributed by atoms with van der Waals surface area (Å²) in [7, 11) is -5.36. The largest absolute Gasteiger partial charge is 1.00 e. The topological polar surface area (TPSA) is 219 Å². The first-order valence-corrected chi connectivity index (χ1v) is 11.8. The third-order valence-corrected chi connectivity index (χ3v) is 6.64. The summed E-state index contributed by atoms with van der Waals surface area (Å²) in [6.07, 6.45) is -5.01. The van der Waals surface area contributed by atoms with E-state index >= 15 is 0 Å². The van der Waals surface area contributed by atoms with Crippen molar-refractivity contribution in [3.05, 3.63) is 22.7 Å². The van der Waals surface area contributed by atoms with Gasteiger partial charge < -0.3 is 44.0 Å². The van der Waals surface area contributed by atoms with Gasteiger partial charge in [-0.15, -0.1) is 0 Å². The fraction of sp³-hybridized carbons (Fsp3) is 0.714. The van der Waals surface area contributed by atoms with E-state index in [0.29, 0.717) is 4.48 Å². The first-order valence-electron chi connectivity index (χ1n) is 8.89. The standard InChI is InChI=1S/C14H26N4O11P2.Na/c1-18(2,3)6-7-26-30(22,23)29-31(24,25)27-8-9-11(19)12(20)13(28-9)17-5-4-10(15)16-14(17)21;/h4-5,9,11-13,19-20H,6-8H2,1-3H3,(H3-,15,16,21,22,23,24,25);/q;+1/p-1/t9-,11+,12?,13-;/m1./s1. The van der Waals surface area contributed by atoms with Crippen LogP contribution in [0.4, 0.5) is 5.82 Å². The number of likely N-dealkylation sites (N-methyl/N-ethyl adjacent to an activating group) is 1. The molecule has 0 bridgehead atoms. The molecule has 1 saturated heterocycles. The van der Waals surface area contributed by atoms with Crippen molar-refractivity contribution in [2.75, 3.05) is 46.6 Å². The Morgan fingerprint density at radius 3 is 2.38 bits per heavy atom. The molecule has 0 spiro atoms. The van der Waals surface area contributed by atoms with Gasteiger partial charge in [-0.2, -0.15) is 4.98 Å². The molecule has 15 nitrogen and oxygen atoms in total. The number of aliphatic hydroxyl groups is 2. The van der Waals surface area contributed by atoms with Crippen LogP contribution in [0.15, 0.2) is 17.1 Å². The van der Waals surface area contributed by atoms with Crippen molar-refractivity contribution < 1.29 is 81.3 Å². The first-order chi connectivity index (χ1) is 14.1. The molecule has 3 unspecified atom stereocenters. The smallest absolute Gasteiger partial charge is 0.756 e. The maximum Gasteiger partial charge on any atom is 1.00 e. The normalized spacial score (nSPS) is 27.3. The van der Waals surface area contributed by atoms with Crippen molar-refractivity contribution in [1.82, 2.24) is 9.55 Å². The van der Waals surface area contributed by atoms with Crippen molar-refractivity contribution in [2.45, 2.75) is 24.5 Å². The van der Waals surface area contributed by atoms with Crippen LogP contribution in [0.3, 0.4) is 0 Å². The molecule has 0 aliphatic carbocycles. The van der Waals surface area contributed by atoms with Crippen LogP contribution in [0.5, 0.6) is 0 Å². The number of ether oxygens (including phenoxy) is 1. The number of nitrogen functional groups attached to an aromatic ring is 1. The summed E-state index contributed by atoms with van der Waals surface area (Å²) in [5, 5.41) is 20.2. The SMILES string of the molecule is C[N+](C)(C)CCOP(=O)([O-])OP(=O)([O-])OC[C@H]1O[C@@H](n2ccc(N)nc2=O)C(O)[C@H]1O.[Na+]. The van der Waals surface area contributed by atoms with Gasteiger partial charge in [0.05, 0.1) is 27.7 Å². The monoisotopic (exact) mass is 510 g/mol. The molecule has 1 aliphatic heterocycles. The quantitative estimate of drug-likeness (QED) is 0.152. The van der Waals surface area contributed by atoms with E-state index in [2.05, 4.69) is 18.3 Å². The van der Waals surface area contributed by atoms with Gasteiger partial charge >= 0.3 is 35.2 Å². The van der Waals surface area contributed by atoms with Crippen molar-refractivity contribution in [1.29, 1.82) is 0 Å². The Labute approximate surface area is 205 Å². The van der Waals surface area contributed by atoms with Crippen LogP contribution in [0.1, 0.15) is 6.23 Å². The minimum atomic E-state index is -5.43. The van der Waals surface area contributed by atoms with Gasteiger partial charge in [-0.25, -0.2) is 9.11 Å². The van der Waals surface area contributed by atoms with Crippen molar-refractivity contribution in [2.24, 2.45) is 0 Å². The maximum absolute atomic E-state index is 11.9. The molecule has 6 atom stereocenters. The van der Waals surface area contributed by atoms with E-state index in [1.165, 1.54) is 6.07 Å². The third-order valence-electron chi connectivity index (χ3n) is 4.07. The van der Waals surface area contributed by atoms with Crippen LogP contribution >= 0.6 is 15.6 Å². The summed E-state index contributed by atoms with van der Waals surface area (Å²) in [4.78, 5) is 38.9. The van der Waals surface area contributed by atoms with E-state index in [9.17, 15) is 33.9 Å². The number of quaternary nitrogens is 1. The van der Waals surface area contributed by atoms with Gasteiger partial charge in [0.15, 0.2) is 6.23 Å². The van der Waals surface area contributed by atoms with Gasteiger partial charge in [0.25, 0.3) is 15.6 Å². The number of phosphoric acid groups is 2. The number of hydrogen-bond acceptors (Lipinski definition) is 13. The van der Waals surface area contributed by atoms with Crippen LogP contribution < -0.4 is 50.8 Å². The Kier molecular flexibility index (Phi) is 10.7. The van der Waals surface area contributed by atoms with Crippen LogP contribution in [0.2, 0.25) is 0 Å². The van der Waals surface area contributed by atoms with E-state index in [0.717, 1.165) is 10.8 Å². The molecule has 2 heterocycles. The van der Waals surface area contributed by atoms with Crippen molar-refractivity contribution in [3.8, 4) is 0 Å². The van der Waals surface area contributed by atoms with E-state index in [-0.39, 0.29) is 48.5 Å². The minimum absolute atomic E-state index is 0. The summed E-state index contributed by atoms with van der Waals surface area (Å²) in [6, 6.07) is 1.25. The molecule has 0 amide bonds. The van der Waals surface area contributed by atoms with Gasteiger partial charge in [0.2, 0.25) is 0 Å². The Balaban J connectivity index is 0.00000512. The number of aliphatic hydroxyl groups excluding tert-OH is 2. The summed E-state index contributed by atoms with van der Waals surface area (Å²) in [5.41, 5.74) is 4.50. The first kappa shape index (κ1) is 29.8. The number of rotatable bonds is 10. The zero-order valence-electron chi connectivity index (χ0n) is 18.0. The molecular weight excluding hydrogens is 485 g/mol. The summed E-state index contributed by atoms with van der Waals surface area (Å²) >= 11 is 0. The van der Waals surface area contributed by atoms with E-state index in [4.69, 9.17) is 10.5 Å². The molecule has 1 aromatic heterocycles. The van der Waals surface area contributed by atoms with Gasteiger partial charge in [0.1, 0.15) is 37.3 Å². The van der Waals surface area contributed by atoms with Crippen molar-refractivity contribution in [3.63, 3.8) is 0 Å². The molecule has 0 aromatic carbocycles. The number of hydrogen-bond donors (Lipinski definition) is 3. The van der Waals surface area contributed by atoms with Crippen molar-refractivity contribution >= 4 is 21.5 Å². The second-order valence-electron chi connectivity index (χ2n) is 7.71. The predicted octanol–water partition coefficient (Wildman–Crippen LogP) is -5.86. The molecule has 178 valence electrons. The number of aromatic nitrogens is 2. The van der Waals surface area contributed by atoms with Gasteiger partial charge in [0, 0.05) is 6.20 Å². The van der Waals surface area contributed by atoms with Gasteiger partial charge in [-0.3, -0.25) is 13.7 Å². The molecule has 4 N–H and O–H groups in total. The summed E-state index contributed by atoms with van der Waals surface area (Å²) in [6.45, 7) is -0.987. The second-order valence-corrected chi connectivity index (χ2v) is 10.7. The third kappa shape index (κ3) is 8.85. The average Bonchev–Trinajstić information content (AvgIpc) is 2.86. The minimum Gasteiger partial charge on any atom is -0.756 e. The Morgan fingerprint density at radius 2 is 1.81 bits per heavy atom. The molecule has 18 heteroatoms. The van der Waals surface area contributed by atoms with E-state index < -0.39 is 52.5 Å². The van der Waals surface area contributed by atoms with Crippen LogP contribution in [-0.2, 0) is 27.2 Å². The summed E-state index contributed by atoms with van der Waals surface area (Å²) < 4.78 is 42.9. The maximum atomic E-state index is 11.9. The molecule has 2 rings (SSSR count). The van der Waals surface area contributed by atoms with Crippen LogP contribution in [0.25, 0.3) is 0 Å². The Morgan fingerprint density at radius 1 is 1.22 bits per heavy atom. The average molecular weight is 510 g/mol. The molecule has 0 radical (unpaired) electrons. The van der Waals surface area contributed by atoms with E-state index in [1.807, 2.05) is 0 Å². The second kappa shape index (κ2) is 11.5. The fourth-order valence-corrected chi connectivity index (χ4v) is 4.47. The molecule has 1 fully saturated rings. The van der Waals surface area contributed by atoms with Gasteiger partial charge in [-0.1, -0.05) is 0 Å². The van der Waals surface area contributed by atoms with Gasteiger partial charge in [-0.05, 0) is 6.07 Å². The zero-order chi connectivity index (χ0) is 23.6. The molecular formula is C14H25N4NaO11P2.